The molecule has 1 saturated carbocycles. The second kappa shape index (κ2) is 6.03. The Morgan fingerprint density at radius 1 is 1.35 bits per heavy atom. The van der Waals surface area contributed by atoms with E-state index in [1.165, 1.54) is 0 Å². The molecule has 0 unspecified atom stereocenters. The Labute approximate surface area is 118 Å². The lowest BCUT2D eigenvalue weighted by Gasteiger charge is -2.26. The third-order valence-electron chi connectivity index (χ3n) is 4.06. The van der Waals surface area contributed by atoms with Gasteiger partial charge in [0.25, 0.3) is 0 Å². The lowest BCUT2D eigenvalue weighted by molar-refractivity contribution is -0.153. The van der Waals surface area contributed by atoms with Crippen molar-refractivity contribution in [2.75, 3.05) is 7.05 Å². The van der Waals surface area contributed by atoms with E-state index in [1.807, 2.05) is 18.2 Å². The summed E-state index contributed by atoms with van der Waals surface area (Å²) in [6.07, 6.45) is 4.76. The maximum atomic E-state index is 12.2. The van der Waals surface area contributed by atoms with Crippen LogP contribution in [0.5, 0.6) is 0 Å². The van der Waals surface area contributed by atoms with E-state index >= 15 is 0 Å². The van der Waals surface area contributed by atoms with Crippen molar-refractivity contribution in [1.82, 2.24) is 9.88 Å². The molecule has 0 aromatic carbocycles. The summed E-state index contributed by atoms with van der Waals surface area (Å²) in [5.41, 5.74) is -0.0470. The highest BCUT2D eigenvalue weighted by Gasteiger charge is 2.43. The van der Waals surface area contributed by atoms with Crippen LogP contribution < -0.4 is 0 Å². The highest BCUT2D eigenvalue weighted by Crippen LogP contribution is 2.41. The van der Waals surface area contributed by atoms with Crippen LogP contribution in [0.15, 0.2) is 24.4 Å². The average Bonchev–Trinajstić information content (AvgIpc) is 2.89. The number of carbonyl (C=O) groups is 2. The fraction of sp³-hybridized carbons (Fsp3) is 0.533. The first-order chi connectivity index (χ1) is 9.53. The topological polar surface area (TPSA) is 70.5 Å². The van der Waals surface area contributed by atoms with Crippen molar-refractivity contribution in [2.24, 2.45) is 5.41 Å². The number of aromatic nitrogens is 1. The summed E-state index contributed by atoms with van der Waals surface area (Å²) in [7, 11) is 1.70. The van der Waals surface area contributed by atoms with Crippen LogP contribution in [0.3, 0.4) is 0 Å². The molecule has 1 N–H and O–H groups in total. The first-order valence-electron chi connectivity index (χ1n) is 6.91. The van der Waals surface area contributed by atoms with Gasteiger partial charge in [-0.1, -0.05) is 18.9 Å². The Balaban J connectivity index is 1.98. The summed E-state index contributed by atoms with van der Waals surface area (Å²) in [5.74, 6) is -0.963. The van der Waals surface area contributed by atoms with Crippen LogP contribution in [0.25, 0.3) is 0 Å². The number of pyridine rings is 1. The fourth-order valence-electron chi connectivity index (χ4n) is 2.77. The van der Waals surface area contributed by atoms with Crippen molar-refractivity contribution >= 4 is 11.9 Å². The minimum absolute atomic E-state index is 0.0890. The Bertz CT molecular complexity index is 481. The maximum Gasteiger partial charge on any atom is 0.310 e. The quantitative estimate of drug-likeness (QED) is 0.893. The Morgan fingerprint density at radius 3 is 2.60 bits per heavy atom. The Hall–Kier alpha value is -1.91. The van der Waals surface area contributed by atoms with Gasteiger partial charge in [-0.05, 0) is 25.0 Å². The van der Waals surface area contributed by atoms with Gasteiger partial charge in [0.05, 0.1) is 17.7 Å². The SMILES string of the molecule is CN(Cc1ccccn1)C(=O)CC1(C(=O)O)CCCC1. The van der Waals surface area contributed by atoms with E-state index in [0.717, 1.165) is 18.5 Å². The van der Waals surface area contributed by atoms with Gasteiger partial charge >= 0.3 is 5.97 Å². The lowest BCUT2D eigenvalue weighted by atomic mass is 9.82. The zero-order chi connectivity index (χ0) is 14.6. The van der Waals surface area contributed by atoms with Crippen LogP contribution in [0.4, 0.5) is 0 Å². The van der Waals surface area contributed by atoms with Crippen molar-refractivity contribution in [3.8, 4) is 0 Å². The normalized spacial score (nSPS) is 16.9. The summed E-state index contributed by atoms with van der Waals surface area (Å²) in [4.78, 5) is 29.4. The Morgan fingerprint density at radius 2 is 2.05 bits per heavy atom. The maximum absolute atomic E-state index is 12.2. The van der Waals surface area contributed by atoms with Gasteiger partial charge in [-0.2, -0.15) is 0 Å². The molecule has 0 aliphatic heterocycles. The molecule has 5 nitrogen and oxygen atoms in total. The second-order valence-corrected chi connectivity index (χ2v) is 5.54. The summed E-state index contributed by atoms with van der Waals surface area (Å²) in [6, 6.07) is 5.55. The monoisotopic (exact) mass is 276 g/mol. The van der Waals surface area contributed by atoms with Gasteiger partial charge in [0, 0.05) is 19.7 Å². The predicted molar refractivity (Wildman–Crippen MR) is 73.9 cm³/mol. The molecule has 0 spiro atoms. The molecule has 108 valence electrons. The lowest BCUT2D eigenvalue weighted by Crippen LogP contribution is -2.36. The number of hydrogen-bond acceptors (Lipinski definition) is 3. The molecule has 5 heteroatoms. The highest BCUT2D eigenvalue weighted by molar-refractivity contribution is 5.85. The molecule has 1 amide bonds. The van der Waals surface area contributed by atoms with Gasteiger partial charge in [0.15, 0.2) is 0 Å². The molecular weight excluding hydrogens is 256 g/mol. The molecule has 2 rings (SSSR count). The van der Waals surface area contributed by atoms with Crippen LogP contribution in [0, 0.1) is 5.41 Å². The molecule has 0 bridgehead atoms. The molecule has 1 fully saturated rings. The van der Waals surface area contributed by atoms with E-state index < -0.39 is 11.4 Å². The van der Waals surface area contributed by atoms with Crippen molar-refractivity contribution in [3.05, 3.63) is 30.1 Å². The molecule has 1 heterocycles. The average molecular weight is 276 g/mol. The first kappa shape index (κ1) is 14.5. The molecule has 1 aromatic heterocycles. The van der Waals surface area contributed by atoms with E-state index in [1.54, 1.807) is 18.1 Å². The second-order valence-electron chi connectivity index (χ2n) is 5.54. The number of nitrogens with zero attached hydrogens (tertiary/aromatic N) is 2. The van der Waals surface area contributed by atoms with Crippen molar-refractivity contribution in [2.45, 2.75) is 38.6 Å². The van der Waals surface area contributed by atoms with Crippen molar-refractivity contribution in [3.63, 3.8) is 0 Å². The summed E-state index contributed by atoms with van der Waals surface area (Å²) in [6.45, 7) is 0.412. The third kappa shape index (κ3) is 3.15. The predicted octanol–water partition coefficient (Wildman–Crippen LogP) is 2.08. The third-order valence-corrected chi connectivity index (χ3v) is 4.06. The fourth-order valence-corrected chi connectivity index (χ4v) is 2.77. The Kier molecular flexibility index (Phi) is 4.37. The summed E-state index contributed by atoms with van der Waals surface area (Å²) >= 11 is 0. The van der Waals surface area contributed by atoms with Crippen molar-refractivity contribution in [1.29, 1.82) is 0 Å². The molecular formula is C15H20N2O3. The van der Waals surface area contributed by atoms with E-state index in [4.69, 9.17) is 0 Å². The van der Waals surface area contributed by atoms with E-state index in [0.29, 0.717) is 19.4 Å². The first-order valence-corrected chi connectivity index (χ1v) is 6.91. The largest absolute Gasteiger partial charge is 0.481 e. The number of carboxylic acid groups (broad SMARTS) is 1. The minimum atomic E-state index is -0.852. The highest BCUT2D eigenvalue weighted by atomic mass is 16.4. The summed E-state index contributed by atoms with van der Waals surface area (Å²) in [5, 5.41) is 9.40. The smallest absolute Gasteiger partial charge is 0.310 e. The van der Waals surface area contributed by atoms with Crippen LogP contribution in [-0.2, 0) is 16.1 Å². The van der Waals surface area contributed by atoms with E-state index in [9.17, 15) is 14.7 Å². The van der Waals surface area contributed by atoms with Gasteiger partial charge < -0.3 is 10.0 Å². The zero-order valence-corrected chi connectivity index (χ0v) is 11.7. The molecule has 0 saturated heterocycles. The molecule has 0 atom stereocenters. The van der Waals surface area contributed by atoms with E-state index in [2.05, 4.69) is 4.98 Å². The molecule has 1 aliphatic carbocycles. The van der Waals surface area contributed by atoms with Crippen LogP contribution in [0.2, 0.25) is 0 Å². The standard InChI is InChI=1S/C15H20N2O3/c1-17(11-12-6-2-5-9-16-12)13(18)10-15(14(19)20)7-3-4-8-15/h2,5-6,9H,3-4,7-8,10-11H2,1H3,(H,19,20). The summed E-state index contributed by atoms with van der Waals surface area (Å²) < 4.78 is 0. The van der Waals surface area contributed by atoms with Gasteiger partial charge in [-0.25, -0.2) is 0 Å². The van der Waals surface area contributed by atoms with Gasteiger partial charge in [-0.15, -0.1) is 0 Å². The van der Waals surface area contributed by atoms with Crippen LogP contribution in [0.1, 0.15) is 37.8 Å². The van der Waals surface area contributed by atoms with Gasteiger partial charge in [0.1, 0.15) is 0 Å². The van der Waals surface area contributed by atoms with Crippen LogP contribution in [-0.4, -0.2) is 33.9 Å². The number of carboxylic acids is 1. The zero-order valence-electron chi connectivity index (χ0n) is 11.7. The number of aliphatic carboxylic acids is 1. The molecule has 20 heavy (non-hydrogen) atoms. The molecule has 0 radical (unpaired) electrons. The molecule has 1 aromatic rings. The molecule has 1 aliphatic rings. The number of amides is 1. The number of carbonyl (C=O) groups excluding carboxylic acids is 1. The van der Waals surface area contributed by atoms with E-state index in [-0.39, 0.29) is 12.3 Å². The van der Waals surface area contributed by atoms with Crippen LogP contribution >= 0.6 is 0 Å². The number of rotatable bonds is 5. The number of hydrogen-bond donors (Lipinski definition) is 1. The van der Waals surface area contributed by atoms with Gasteiger partial charge in [-0.3, -0.25) is 14.6 Å². The van der Waals surface area contributed by atoms with Gasteiger partial charge in [0.2, 0.25) is 5.91 Å². The minimum Gasteiger partial charge on any atom is -0.481 e. The van der Waals surface area contributed by atoms with Crippen molar-refractivity contribution < 1.29 is 14.7 Å².